The van der Waals surface area contributed by atoms with Gasteiger partial charge in [-0.2, -0.15) is 8.78 Å². The number of ether oxygens (including phenoxy) is 1. The quantitative estimate of drug-likeness (QED) is 0.677. The van der Waals surface area contributed by atoms with Gasteiger partial charge in [0.05, 0.1) is 13.1 Å². The molecule has 6 nitrogen and oxygen atoms in total. The Morgan fingerprint density at radius 1 is 1.14 bits per heavy atom. The molecule has 0 heterocycles. The molecule has 0 aliphatic carbocycles. The van der Waals surface area contributed by atoms with E-state index in [1.807, 2.05) is 0 Å². The van der Waals surface area contributed by atoms with E-state index in [9.17, 15) is 18.4 Å². The summed E-state index contributed by atoms with van der Waals surface area (Å²) in [6, 6.07) is 5.86. The van der Waals surface area contributed by atoms with Crippen LogP contribution < -0.4 is 21.1 Å². The lowest BCUT2D eigenvalue weighted by molar-refractivity contribution is -0.125. The summed E-state index contributed by atoms with van der Waals surface area (Å²) in [5.74, 6) is -0.751. The molecule has 1 aromatic carbocycles. The number of nitrogens with one attached hydrogen (secondary N) is 2. The maximum atomic E-state index is 11.9. The van der Waals surface area contributed by atoms with Crippen molar-refractivity contribution in [3.8, 4) is 5.75 Å². The van der Waals surface area contributed by atoms with Crippen LogP contribution in [0.5, 0.6) is 5.75 Å². The Morgan fingerprint density at radius 3 is 2.29 bits per heavy atom. The summed E-state index contributed by atoms with van der Waals surface area (Å²) in [6.45, 7) is -3.00. The van der Waals surface area contributed by atoms with E-state index in [1.165, 1.54) is 12.1 Å². The Kier molecular flexibility index (Phi) is 8.98. The summed E-state index contributed by atoms with van der Waals surface area (Å²) in [7, 11) is 0. The van der Waals surface area contributed by atoms with Gasteiger partial charge in [0.1, 0.15) is 5.75 Å². The molecule has 0 unspecified atom stereocenters. The van der Waals surface area contributed by atoms with Crippen molar-refractivity contribution < 1.29 is 23.1 Å². The highest BCUT2D eigenvalue weighted by Crippen LogP contribution is 2.14. The van der Waals surface area contributed by atoms with Crippen LogP contribution in [0.15, 0.2) is 24.3 Å². The van der Waals surface area contributed by atoms with Crippen molar-refractivity contribution >= 4 is 24.2 Å². The monoisotopic (exact) mass is 323 g/mol. The van der Waals surface area contributed by atoms with E-state index in [0.717, 1.165) is 0 Å². The molecule has 4 N–H and O–H groups in total. The standard InChI is InChI=1S/C12H15F2N3O3.ClH/c13-12(14)20-9-3-1-8(2-4-9)6-16-11(19)7-17-10(18)5-15;/h1-4,12H,5-7,15H2,(H,16,19)(H,17,18);1H. The largest absolute Gasteiger partial charge is 0.435 e. The van der Waals surface area contributed by atoms with Gasteiger partial charge in [0.2, 0.25) is 11.8 Å². The molecule has 21 heavy (non-hydrogen) atoms. The number of alkyl halides is 2. The smallest absolute Gasteiger partial charge is 0.387 e. The summed E-state index contributed by atoms with van der Waals surface area (Å²) in [5.41, 5.74) is 5.78. The SMILES string of the molecule is Cl.NCC(=O)NCC(=O)NCc1ccc(OC(F)F)cc1. The first kappa shape index (κ1) is 19.1. The third-order valence-corrected chi connectivity index (χ3v) is 2.27. The normalized spacial score (nSPS) is 9.71. The maximum absolute atomic E-state index is 11.9. The number of nitrogens with two attached hydrogens (primary N) is 1. The molecule has 0 aliphatic heterocycles. The number of benzene rings is 1. The van der Waals surface area contributed by atoms with Gasteiger partial charge in [0, 0.05) is 6.54 Å². The lowest BCUT2D eigenvalue weighted by Crippen LogP contribution is -2.39. The first-order valence-electron chi connectivity index (χ1n) is 5.78. The first-order chi connectivity index (χ1) is 9.51. The second-order valence-corrected chi connectivity index (χ2v) is 3.78. The van der Waals surface area contributed by atoms with Gasteiger partial charge >= 0.3 is 6.61 Å². The zero-order valence-electron chi connectivity index (χ0n) is 11.0. The minimum Gasteiger partial charge on any atom is -0.435 e. The molecule has 0 spiro atoms. The third kappa shape index (κ3) is 8.05. The number of amides is 2. The van der Waals surface area contributed by atoms with Crippen LogP contribution in [-0.2, 0) is 16.1 Å². The van der Waals surface area contributed by atoms with Crippen LogP contribution in [0.25, 0.3) is 0 Å². The van der Waals surface area contributed by atoms with E-state index < -0.39 is 12.5 Å². The van der Waals surface area contributed by atoms with Gasteiger partial charge in [-0.1, -0.05) is 12.1 Å². The van der Waals surface area contributed by atoms with E-state index in [4.69, 9.17) is 5.73 Å². The fourth-order valence-electron chi connectivity index (χ4n) is 1.30. The summed E-state index contributed by atoms with van der Waals surface area (Å²) < 4.78 is 28.1. The van der Waals surface area contributed by atoms with Gasteiger partial charge in [-0.25, -0.2) is 0 Å². The average Bonchev–Trinajstić information content (AvgIpc) is 2.43. The van der Waals surface area contributed by atoms with Crippen LogP contribution >= 0.6 is 12.4 Å². The second-order valence-electron chi connectivity index (χ2n) is 3.78. The predicted octanol–water partition coefficient (Wildman–Crippen LogP) is 0.401. The number of halogens is 3. The van der Waals surface area contributed by atoms with Crippen molar-refractivity contribution in [1.82, 2.24) is 10.6 Å². The minimum atomic E-state index is -2.87. The fraction of sp³-hybridized carbons (Fsp3) is 0.333. The zero-order chi connectivity index (χ0) is 15.0. The zero-order valence-corrected chi connectivity index (χ0v) is 11.8. The molecule has 118 valence electrons. The Labute approximate surface area is 126 Å². The molecule has 0 fully saturated rings. The van der Waals surface area contributed by atoms with Gasteiger partial charge in [0.15, 0.2) is 0 Å². The Hall–Kier alpha value is -1.93. The molecule has 0 aliphatic rings. The molecular formula is C12H16ClF2N3O3. The van der Waals surface area contributed by atoms with E-state index >= 15 is 0 Å². The second kappa shape index (κ2) is 9.89. The topological polar surface area (TPSA) is 93.5 Å². The van der Waals surface area contributed by atoms with E-state index in [1.54, 1.807) is 12.1 Å². The molecule has 1 rings (SSSR count). The third-order valence-electron chi connectivity index (χ3n) is 2.27. The predicted molar refractivity (Wildman–Crippen MR) is 74.2 cm³/mol. The molecular weight excluding hydrogens is 308 g/mol. The summed E-state index contributed by atoms with van der Waals surface area (Å²) in [4.78, 5) is 22.2. The molecule has 9 heteroatoms. The summed E-state index contributed by atoms with van der Waals surface area (Å²) in [5, 5.41) is 4.87. The van der Waals surface area contributed by atoms with Crippen molar-refractivity contribution in [2.75, 3.05) is 13.1 Å². The van der Waals surface area contributed by atoms with E-state index in [0.29, 0.717) is 5.56 Å². The molecule has 0 aromatic heterocycles. The van der Waals surface area contributed by atoms with Crippen LogP contribution in [0.2, 0.25) is 0 Å². The molecule has 0 radical (unpaired) electrons. The molecule has 0 bridgehead atoms. The van der Waals surface area contributed by atoms with Gasteiger partial charge in [-0.05, 0) is 17.7 Å². The molecule has 0 saturated heterocycles. The number of hydrogen-bond donors (Lipinski definition) is 3. The average molecular weight is 324 g/mol. The number of hydrogen-bond acceptors (Lipinski definition) is 4. The van der Waals surface area contributed by atoms with Crippen LogP contribution in [0.1, 0.15) is 5.56 Å². The van der Waals surface area contributed by atoms with Crippen molar-refractivity contribution in [1.29, 1.82) is 0 Å². The van der Waals surface area contributed by atoms with Crippen molar-refractivity contribution in [3.63, 3.8) is 0 Å². The minimum absolute atomic E-state index is 0. The number of carbonyl (C=O) groups excluding carboxylic acids is 2. The maximum Gasteiger partial charge on any atom is 0.387 e. The summed E-state index contributed by atoms with van der Waals surface area (Å²) >= 11 is 0. The van der Waals surface area contributed by atoms with Crippen LogP contribution in [0.4, 0.5) is 8.78 Å². The van der Waals surface area contributed by atoms with E-state index in [2.05, 4.69) is 15.4 Å². The molecule has 1 aromatic rings. The lowest BCUT2D eigenvalue weighted by atomic mass is 10.2. The van der Waals surface area contributed by atoms with Gasteiger partial charge < -0.3 is 21.1 Å². The number of carbonyl (C=O) groups is 2. The van der Waals surface area contributed by atoms with Crippen molar-refractivity contribution in [2.45, 2.75) is 13.2 Å². The highest BCUT2D eigenvalue weighted by molar-refractivity contribution is 5.85. The Morgan fingerprint density at radius 2 is 1.76 bits per heavy atom. The highest BCUT2D eigenvalue weighted by atomic mass is 35.5. The first-order valence-corrected chi connectivity index (χ1v) is 5.78. The molecule has 0 atom stereocenters. The molecule has 2 amide bonds. The number of rotatable bonds is 7. The van der Waals surface area contributed by atoms with Gasteiger partial charge in [-0.15, -0.1) is 12.4 Å². The highest BCUT2D eigenvalue weighted by Gasteiger charge is 2.05. The van der Waals surface area contributed by atoms with Crippen LogP contribution in [-0.4, -0.2) is 31.5 Å². The van der Waals surface area contributed by atoms with Crippen LogP contribution in [0, 0.1) is 0 Å². The molecule has 0 saturated carbocycles. The Balaban J connectivity index is 0.00000400. The van der Waals surface area contributed by atoms with Crippen molar-refractivity contribution in [3.05, 3.63) is 29.8 Å². The van der Waals surface area contributed by atoms with E-state index in [-0.39, 0.29) is 43.7 Å². The fourth-order valence-corrected chi connectivity index (χ4v) is 1.30. The summed E-state index contributed by atoms with van der Waals surface area (Å²) in [6.07, 6.45) is 0. The van der Waals surface area contributed by atoms with Crippen molar-refractivity contribution in [2.24, 2.45) is 5.73 Å². The van der Waals surface area contributed by atoms with Gasteiger partial charge in [0.25, 0.3) is 0 Å². The van der Waals surface area contributed by atoms with Crippen LogP contribution in [0.3, 0.4) is 0 Å². The Bertz CT molecular complexity index is 458. The lowest BCUT2D eigenvalue weighted by Gasteiger charge is -2.08. The van der Waals surface area contributed by atoms with Gasteiger partial charge in [-0.3, -0.25) is 9.59 Å².